The van der Waals surface area contributed by atoms with E-state index in [-0.39, 0.29) is 4.75 Å². The first kappa shape index (κ1) is 8.87. The van der Waals surface area contributed by atoms with Gasteiger partial charge in [0.2, 0.25) is 0 Å². The molecule has 0 saturated carbocycles. The van der Waals surface area contributed by atoms with Gasteiger partial charge in [0.15, 0.2) is 5.44 Å². The molecule has 64 valence electrons. The van der Waals surface area contributed by atoms with E-state index in [1.807, 2.05) is 20.8 Å². The van der Waals surface area contributed by atoms with E-state index in [9.17, 15) is 4.21 Å². The largest absolute Gasteiger partial charge is 0.353 e. The van der Waals surface area contributed by atoms with Crippen LogP contribution in [0.5, 0.6) is 0 Å². The van der Waals surface area contributed by atoms with Gasteiger partial charge in [-0.25, -0.2) is 0 Å². The molecule has 0 aromatic heterocycles. The lowest BCUT2D eigenvalue weighted by Crippen LogP contribution is -2.47. The summed E-state index contributed by atoms with van der Waals surface area (Å²) < 4.78 is 16.2. The molecule has 0 spiro atoms. The summed E-state index contributed by atoms with van der Waals surface area (Å²) in [4.78, 5) is 0. The van der Waals surface area contributed by atoms with Gasteiger partial charge in [-0.15, -0.1) is 0 Å². The van der Waals surface area contributed by atoms with Crippen LogP contribution >= 0.6 is 0 Å². The molecule has 0 bridgehead atoms. The zero-order chi connectivity index (χ0) is 8.65. The standard InChI is InChI=1S/C7H13NO2S/c1-7(2,3)11(9)6-5(8)4-10-6/h6,8H,4H2,1-3H3. The molecule has 1 N–H and O–H groups in total. The van der Waals surface area contributed by atoms with Crippen molar-refractivity contribution >= 4 is 16.5 Å². The summed E-state index contributed by atoms with van der Waals surface area (Å²) in [6, 6.07) is 0. The number of hydrogen-bond acceptors (Lipinski definition) is 3. The van der Waals surface area contributed by atoms with Crippen LogP contribution in [0.25, 0.3) is 0 Å². The Bertz CT molecular complexity index is 207. The van der Waals surface area contributed by atoms with Crippen molar-refractivity contribution in [3.63, 3.8) is 0 Å². The van der Waals surface area contributed by atoms with E-state index in [0.29, 0.717) is 12.3 Å². The smallest absolute Gasteiger partial charge is 0.172 e. The van der Waals surface area contributed by atoms with Crippen molar-refractivity contribution in [1.29, 1.82) is 5.41 Å². The first-order chi connectivity index (χ1) is 4.93. The SMILES string of the molecule is CC(C)(C)S(=O)C1OCC1=N. The predicted molar refractivity (Wildman–Crippen MR) is 45.4 cm³/mol. The van der Waals surface area contributed by atoms with Crippen molar-refractivity contribution in [2.75, 3.05) is 6.61 Å². The van der Waals surface area contributed by atoms with Crippen LogP contribution in [0.3, 0.4) is 0 Å². The Hall–Kier alpha value is -0.220. The average Bonchev–Trinajstić information content (AvgIpc) is 1.83. The number of ether oxygens (including phenoxy) is 1. The lowest BCUT2D eigenvalue weighted by atomic mass is 10.3. The minimum atomic E-state index is -1.07. The zero-order valence-corrected chi connectivity index (χ0v) is 7.83. The van der Waals surface area contributed by atoms with Gasteiger partial charge in [0.1, 0.15) is 0 Å². The van der Waals surface area contributed by atoms with Gasteiger partial charge in [0.25, 0.3) is 0 Å². The van der Waals surface area contributed by atoms with Crippen LogP contribution in [0.4, 0.5) is 0 Å². The summed E-state index contributed by atoms with van der Waals surface area (Å²) in [5, 5.41) is 7.28. The summed E-state index contributed by atoms with van der Waals surface area (Å²) in [6.45, 7) is 6.01. The van der Waals surface area contributed by atoms with Crippen molar-refractivity contribution in [3.8, 4) is 0 Å². The molecular formula is C7H13NO2S. The van der Waals surface area contributed by atoms with Gasteiger partial charge in [-0.2, -0.15) is 0 Å². The molecule has 0 aromatic carbocycles. The molecule has 1 rings (SSSR count). The highest BCUT2D eigenvalue weighted by atomic mass is 32.2. The van der Waals surface area contributed by atoms with Crippen LogP contribution in [0.2, 0.25) is 0 Å². The Morgan fingerprint density at radius 2 is 2.18 bits per heavy atom. The molecule has 0 amide bonds. The quantitative estimate of drug-likeness (QED) is 0.644. The van der Waals surface area contributed by atoms with Crippen molar-refractivity contribution in [1.82, 2.24) is 0 Å². The van der Waals surface area contributed by atoms with E-state index in [2.05, 4.69) is 0 Å². The molecule has 1 fully saturated rings. The van der Waals surface area contributed by atoms with Crippen molar-refractivity contribution in [2.24, 2.45) is 0 Å². The van der Waals surface area contributed by atoms with Crippen LogP contribution in [0.1, 0.15) is 20.8 Å². The van der Waals surface area contributed by atoms with E-state index < -0.39 is 16.2 Å². The first-order valence-electron chi connectivity index (χ1n) is 3.52. The minimum absolute atomic E-state index is 0.280. The third kappa shape index (κ3) is 1.68. The maximum Gasteiger partial charge on any atom is 0.172 e. The summed E-state index contributed by atoms with van der Waals surface area (Å²) in [7, 11) is -1.07. The molecule has 1 heterocycles. The predicted octanol–water partition coefficient (Wildman–Crippen LogP) is 0.910. The van der Waals surface area contributed by atoms with E-state index >= 15 is 0 Å². The molecule has 0 aliphatic carbocycles. The fourth-order valence-corrected chi connectivity index (χ4v) is 1.91. The van der Waals surface area contributed by atoms with E-state index in [1.54, 1.807) is 0 Å². The van der Waals surface area contributed by atoms with Crippen LogP contribution < -0.4 is 0 Å². The highest BCUT2D eigenvalue weighted by Gasteiger charge is 2.37. The molecule has 3 nitrogen and oxygen atoms in total. The third-order valence-corrected chi connectivity index (χ3v) is 3.49. The maximum absolute atomic E-state index is 11.5. The van der Waals surface area contributed by atoms with Gasteiger partial charge < -0.3 is 10.1 Å². The molecule has 4 heteroatoms. The Kier molecular flexibility index (Phi) is 2.16. The summed E-state index contributed by atoms with van der Waals surface area (Å²) in [6.07, 6.45) is 0. The maximum atomic E-state index is 11.5. The van der Waals surface area contributed by atoms with Crippen LogP contribution in [0, 0.1) is 5.41 Å². The molecular weight excluding hydrogens is 162 g/mol. The third-order valence-electron chi connectivity index (χ3n) is 1.47. The topological polar surface area (TPSA) is 50.2 Å². The molecule has 1 aliphatic rings. The molecule has 1 aliphatic heterocycles. The second-order valence-corrected chi connectivity index (χ2v) is 5.83. The zero-order valence-electron chi connectivity index (χ0n) is 7.01. The molecule has 2 atom stereocenters. The van der Waals surface area contributed by atoms with E-state index in [1.165, 1.54) is 0 Å². The van der Waals surface area contributed by atoms with Gasteiger partial charge in [-0.3, -0.25) is 4.21 Å². The van der Waals surface area contributed by atoms with Crippen LogP contribution in [-0.2, 0) is 15.5 Å². The number of nitrogens with one attached hydrogen (secondary N) is 1. The van der Waals surface area contributed by atoms with Gasteiger partial charge in [-0.05, 0) is 20.8 Å². The van der Waals surface area contributed by atoms with Crippen molar-refractivity contribution < 1.29 is 8.95 Å². The Balaban J connectivity index is 2.62. The first-order valence-corrected chi connectivity index (χ1v) is 4.74. The molecule has 0 radical (unpaired) electrons. The molecule has 11 heavy (non-hydrogen) atoms. The fourth-order valence-electron chi connectivity index (χ4n) is 0.747. The van der Waals surface area contributed by atoms with E-state index in [0.717, 1.165) is 0 Å². The average molecular weight is 175 g/mol. The fraction of sp³-hybridized carbons (Fsp3) is 0.857. The van der Waals surface area contributed by atoms with E-state index in [4.69, 9.17) is 10.1 Å². The highest BCUT2D eigenvalue weighted by molar-refractivity contribution is 7.87. The van der Waals surface area contributed by atoms with Gasteiger partial charge in [0.05, 0.1) is 23.1 Å². The van der Waals surface area contributed by atoms with Crippen molar-refractivity contribution in [3.05, 3.63) is 0 Å². The minimum Gasteiger partial charge on any atom is -0.353 e. The summed E-state index contributed by atoms with van der Waals surface area (Å²) >= 11 is 0. The van der Waals surface area contributed by atoms with Crippen LogP contribution in [-0.4, -0.2) is 26.7 Å². The second-order valence-electron chi connectivity index (χ2n) is 3.58. The summed E-state index contributed by atoms with van der Waals surface area (Å²) in [5.74, 6) is 0. The monoisotopic (exact) mass is 175 g/mol. The van der Waals surface area contributed by atoms with Crippen molar-refractivity contribution in [2.45, 2.75) is 31.0 Å². The molecule has 1 saturated heterocycles. The normalized spacial score (nSPS) is 27.9. The van der Waals surface area contributed by atoms with Gasteiger partial charge in [0, 0.05) is 4.75 Å². The molecule has 0 aromatic rings. The van der Waals surface area contributed by atoms with Gasteiger partial charge >= 0.3 is 0 Å². The number of rotatable bonds is 1. The van der Waals surface area contributed by atoms with Crippen LogP contribution in [0.15, 0.2) is 0 Å². The lowest BCUT2D eigenvalue weighted by Gasteiger charge is -2.32. The Labute approximate surface area is 69.1 Å². The Morgan fingerprint density at radius 1 is 1.64 bits per heavy atom. The number of hydrogen-bond donors (Lipinski definition) is 1. The highest BCUT2D eigenvalue weighted by Crippen LogP contribution is 2.22. The second kappa shape index (κ2) is 2.68. The lowest BCUT2D eigenvalue weighted by molar-refractivity contribution is 0.127. The summed E-state index contributed by atoms with van der Waals surface area (Å²) in [5.41, 5.74) is 0.0215. The Morgan fingerprint density at radius 3 is 2.27 bits per heavy atom. The van der Waals surface area contributed by atoms with Gasteiger partial charge in [-0.1, -0.05) is 0 Å². The molecule has 2 unspecified atom stereocenters.